The summed E-state index contributed by atoms with van der Waals surface area (Å²) >= 11 is 0. The van der Waals surface area contributed by atoms with Gasteiger partial charge in [0, 0.05) is 0 Å². The molecule has 0 aliphatic carbocycles. The molecule has 0 unspecified atom stereocenters. The first-order chi connectivity index (χ1) is 8.81. The lowest BCUT2D eigenvalue weighted by atomic mass is 10.1. The van der Waals surface area contributed by atoms with Crippen LogP contribution in [0.25, 0.3) is 0 Å². The summed E-state index contributed by atoms with van der Waals surface area (Å²) in [5, 5.41) is 0. The first kappa shape index (κ1) is 12.7. The molecule has 2 aromatic carbocycles. The molecule has 18 heavy (non-hydrogen) atoms. The summed E-state index contributed by atoms with van der Waals surface area (Å²) in [5.41, 5.74) is 8.05. The number of aryl methyl sites for hydroxylation is 1. The minimum absolute atomic E-state index is 0.661. The summed E-state index contributed by atoms with van der Waals surface area (Å²) in [6.45, 7) is 2.80. The fourth-order valence-corrected chi connectivity index (χ4v) is 1.90. The molecule has 0 saturated carbocycles. The van der Waals surface area contributed by atoms with Crippen LogP contribution in [0.3, 0.4) is 0 Å². The van der Waals surface area contributed by atoms with Gasteiger partial charge in [-0.2, -0.15) is 0 Å². The van der Waals surface area contributed by atoms with Crippen LogP contribution in [-0.2, 0) is 12.8 Å². The zero-order valence-corrected chi connectivity index (χ0v) is 10.7. The van der Waals surface area contributed by atoms with E-state index in [-0.39, 0.29) is 0 Å². The van der Waals surface area contributed by atoms with Gasteiger partial charge in [-0.05, 0) is 54.8 Å². The highest BCUT2D eigenvalue weighted by molar-refractivity contribution is 5.36. The fraction of sp³-hybridized carbons (Fsp3) is 0.250. The first-order valence-electron chi connectivity index (χ1n) is 6.37. The van der Waals surface area contributed by atoms with Crippen LogP contribution in [0, 0.1) is 0 Å². The third-order valence-electron chi connectivity index (χ3n) is 2.87. The SMILES string of the molecule is CCc1cccc(Oc2cccc(CCN)c2)c1. The summed E-state index contributed by atoms with van der Waals surface area (Å²) in [6.07, 6.45) is 1.90. The molecule has 0 aliphatic heterocycles. The average Bonchev–Trinajstić information content (AvgIpc) is 2.40. The van der Waals surface area contributed by atoms with Crippen LogP contribution in [0.1, 0.15) is 18.1 Å². The van der Waals surface area contributed by atoms with E-state index in [0.29, 0.717) is 6.54 Å². The molecule has 94 valence electrons. The van der Waals surface area contributed by atoms with E-state index in [1.165, 1.54) is 11.1 Å². The van der Waals surface area contributed by atoms with Crippen molar-refractivity contribution in [3.63, 3.8) is 0 Å². The molecule has 0 aromatic heterocycles. The Bertz CT molecular complexity index is 508. The van der Waals surface area contributed by atoms with Gasteiger partial charge in [0.1, 0.15) is 11.5 Å². The lowest BCUT2D eigenvalue weighted by Crippen LogP contribution is -2.02. The summed E-state index contributed by atoms with van der Waals surface area (Å²) < 4.78 is 5.87. The van der Waals surface area contributed by atoms with Gasteiger partial charge in [0.25, 0.3) is 0 Å². The molecule has 2 nitrogen and oxygen atoms in total. The smallest absolute Gasteiger partial charge is 0.127 e. The van der Waals surface area contributed by atoms with Crippen LogP contribution >= 0.6 is 0 Å². The van der Waals surface area contributed by atoms with E-state index in [0.717, 1.165) is 24.3 Å². The molecule has 0 radical (unpaired) electrons. The Hall–Kier alpha value is -1.80. The van der Waals surface area contributed by atoms with E-state index < -0.39 is 0 Å². The maximum absolute atomic E-state index is 5.87. The Labute approximate surface area is 108 Å². The van der Waals surface area contributed by atoms with Crippen molar-refractivity contribution in [3.05, 3.63) is 59.7 Å². The van der Waals surface area contributed by atoms with E-state index in [4.69, 9.17) is 10.5 Å². The number of benzene rings is 2. The van der Waals surface area contributed by atoms with Gasteiger partial charge < -0.3 is 10.5 Å². The Morgan fingerprint density at radius 2 is 1.56 bits per heavy atom. The number of rotatable bonds is 5. The van der Waals surface area contributed by atoms with Crippen molar-refractivity contribution in [1.82, 2.24) is 0 Å². The third kappa shape index (κ3) is 3.34. The monoisotopic (exact) mass is 241 g/mol. The predicted molar refractivity (Wildman–Crippen MR) is 75.1 cm³/mol. The second-order valence-corrected chi connectivity index (χ2v) is 4.29. The summed E-state index contributed by atoms with van der Waals surface area (Å²) in [5.74, 6) is 1.76. The molecule has 0 fully saturated rings. The summed E-state index contributed by atoms with van der Waals surface area (Å²) in [6, 6.07) is 16.3. The van der Waals surface area contributed by atoms with Crippen molar-refractivity contribution in [2.24, 2.45) is 5.73 Å². The van der Waals surface area contributed by atoms with E-state index in [1.807, 2.05) is 30.3 Å². The lowest BCUT2D eigenvalue weighted by molar-refractivity contribution is 0.481. The molecule has 0 aliphatic rings. The van der Waals surface area contributed by atoms with E-state index in [2.05, 4.69) is 25.1 Å². The largest absolute Gasteiger partial charge is 0.457 e. The molecule has 0 amide bonds. The van der Waals surface area contributed by atoms with Crippen molar-refractivity contribution in [2.45, 2.75) is 19.8 Å². The average molecular weight is 241 g/mol. The van der Waals surface area contributed by atoms with Gasteiger partial charge in [0.15, 0.2) is 0 Å². The molecule has 0 heterocycles. The van der Waals surface area contributed by atoms with Gasteiger partial charge in [-0.3, -0.25) is 0 Å². The Morgan fingerprint density at radius 3 is 2.17 bits per heavy atom. The van der Waals surface area contributed by atoms with Crippen LogP contribution in [0.2, 0.25) is 0 Å². The van der Waals surface area contributed by atoms with Crippen LogP contribution in [0.5, 0.6) is 11.5 Å². The van der Waals surface area contributed by atoms with Gasteiger partial charge in [-0.25, -0.2) is 0 Å². The van der Waals surface area contributed by atoms with Crippen LogP contribution in [0.15, 0.2) is 48.5 Å². The standard InChI is InChI=1S/C16H19NO/c1-2-13-5-3-7-15(11-13)18-16-8-4-6-14(12-16)9-10-17/h3-8,11-12H,2,9-10,17H2,1H3. The lowest BCUT2D eigenvalue weighted by Gasteiger charge is -2.08. The highest BCUT2D eigenvalue weighted by Crippen LogP contribution is 2.23. The van der Waals surface area contributed by atoms with Gasteiger partial charge in [0.2, 0.25) is 0 Å². The molecule has 0 saturated heterocycles. The van der Waals surface area contributed by atoms with Crippen LogP contribution in [-0.4, -0.2) is 6.54 Å². The molecule has 2 N–H and O–H groups in total. The number of hydrogen-bond donors (Lipinski definition) is 1. The highest BCUT2D eigenvalue weighted by Gasteiger charge is 1.99. The molecule has 2 rings (SSSR count). The molecule has 2 aromatic rings. The highest BCUT2D eigenvalue weighted by atomic mass is 16.5. The molecule has 0 spiro atoms. The molecule has 2 heteroatoms. The van der Waals surface area contributed by atoms with Crippen LogP contribution in [0.4, 0.5) is 0 Å². The Balaban J connectivity index is 2.14. The van der Waals surface area contributed by atoms with Crippen molar-refractivity contribution in [1.29, 1.82) is 0 Å². The van der Waals surface area contributed by atoms with Crippen molar-refractivity contribution in [2.75, 3.05) is 6.54 Å². The number of hydrogen-bond acceptors (Lipinski definition) is 2. The quantitative estimate of drug-likeness (QED) is 0.869. The zero-order chi connectivity index (χ0) is 12.8. The van der Waals surface area contributed by atoms with Crippen molar-refractivity contribution in [3.8, 4) is 11.5 Å². The zero-order valence-electron chi connectivity index (χ0n) is 10.7. The van der Waals surface area contributed by atoms with E-state index in [9.17, 15) is 0 Å². The van der Waals surface area contributed by atoms with Gasteiger partial charge in [-0.1, -0.05) is 31.2 Å². The van der Waals surface area contributed by atoms with Gasteiger partial charge >= 0.3 is 0 Å². The first-order valence-corrected chi connectivity index (χ1v) is 6.37. The Morgan fingerprint density at radius 1 is 0.944 bits per heavy atom. The summed E-state index contributed by atoms with van der Waals surface area (Å²) in [7, 11) is 0. The third-order valence-corrected chi connectivity index (χ3v) is 2.87. The second kappa shape index (κ2) is 6.22. The summed E-state index contributed by atoms with van der Waals surface area (Å²) in [4.78, 5) is 0. The van der Waals surface area contributed by atoms with Crippen molar-refractivity contribution >= 4 is 0 Å². The van der Waals surface area contributed by atoms with E-state index in [1.54, 1.807) is 0 Å². The fourth-order valence-electron chi connectivity index (χ4n) is 1.90. The molecular weight excluding hydrogens is 222 g/mol. The van der Waals surface area contributed by atoms with Gasteiger partial charge in [0.05, 0.1) is 0 Å². The number of ether oxygens (including phenoxy) is 1. The number of nitrogens with two attached hydrogens (primary N) is 1. The maximum Gasteiger partial charge on any atom is 0.127 e. The maximum atomic E-state index is 5.87. The van der Waals surface area contributed by atoms with Crippen LogP contribution < -0.4 is 10.5 Å². The Kier molecular flexibility index (Phi) is 4.37. The molecule has 0 bridgehead atoms. The topological polar surface area (TPSA) is 35.2 Å². The molecular formula is C16H19NO. The minimum atomic E-state index is 0.661. The second-order valence-electron chi connectivity index (χ2n) is 4.29. The predicted octanol–water partition coefficient (Wildman–Crippen LogP) is 3.54. The normalized spacial score (nSPS) is 10.3. The minimum Gasteiger partial charge on any atom is -0.457 e. The van der Waals surface area contributed by atoms with Gasteiger partial charge in [-0.15, -0.1) is 0 Å². The van der Waals surface area contributed by atoms with E-state index >= 15 is 0 Å². The molecule has 0 atom stereocenters. The van der Waals surface area contributed by atoms with Crippen molar-refractivity contribution < 1.29 is 4.74 Å².